The first-order valence-electron chi connectivity index (χ1n) is 10.4. The number of nitrogens with zero attached hydrogens (tertiary/aromatic N) is 1. The molecule has 0 aliphatic carbocycles. The Balaban J connectivity index is 1.70. The van der Waals surface area contributed by atoms with Crippen LogP contribution in [-0.4, -0.2) is 29.1 Å². The summed E-state index contributed by atoms with van der Waals surface area (Å²) in [6.45, 7) is 1.44. The minimum Gasteiger partial charge on any atom is -0.481 e. The van der Waals surface area contributed by atoms with Crippen LogP contribution in [0, 0.1) is 11.8 Å². The highest BCUT2D eigenvalue weighted by molar-refractivity contribution is 5.67. The van der Waals surface area contributed by atoms with Crippen LogP contribution in [0.25, 0.3) is 6.08 Å². The number of carboxylic acids is 1. The molecule has 1 heterocycles. The molecule has 0 amide bonds. The maximum absolute atomic E-state index is 12.8. The molecular weight excluding hydrogens is 448 g/mol. The van der Waals surface area contributed by atoms with Crippen molar-refractivity contribution >= 4 is 12.0 Å². The third-order valence-electron chi connectivity index (χ3n) is 5.59. The molecule has 0 bridgehead atoms. The van der Waals surface area contributed by atoms with Crippen LogP contribution in [0.5, 0.6) is 0 Å². The number of alkyl halides is 6. The molecule has 3 nitrogen and oxygen atoms in total. The third-order valence-corrected chi connectivity index (χ3v) is 5.59. The molecule has 0 aromatic heterocycles. The zero-order valence-corrected chi connectivity index (χ0v) is 17.5. The summed E-state index contributed by atoms with van der Waals surface area (Å²) in [5.74, 6) is -1.12. The highest BCUT2D eigenvalue weighted by Crippen LogP contribution is 2.31. The maximum atomic E-state index is 12.8. The van der Waals surface area contributed by atoms with Crippen molar-refractivity contribution in [1.82, 2.24) is 4.90 Å². The highest BCUT2D eigenvalue weighted by atomic mass is 19.4. The molecule has 2 aromatic rings. The van der Waals surface area contributed by atoms with Crippen molar-refractivity contribution in [1.29, 1.82) is 0 Å². The van der Waals surface area contributed by atoms with E-state index in [9.17, 15) is 36.2 Å². The third kappa shape index (κ3) is 7.35. The number of carbonyl (C=O) groups is 1. The van der Waals surface area contributed by atoms with E-state index >= 15 is 0 Å². The van der Waals surface area contributed by atoms with Crippen LogP contribution in [0.4, 0.5) is 26.3 Å². The zero-order chi connectivity index (χ0) is 24.2. The van der Waals surface area contributed by atoms with Gasteiger partial charge in [-0.2, -0.15) is 26.3 Å². The number of likely N-dealkylation sites (tertiary alicyclic amines) is 1. The lowest BCUT2D eigenvalue weighted by molar-refractivity contribution is -0.139. The summed E-state index contributed by atoms with van der Waals surface area (Å²) < 4.78 is 76.5. The quantitative estimate of drug-likeness (QED) is 0.499. The zero-order valence-electron chi connectivity index (χ0n) is 17.5. The van der Waals surface area contributed by atoms with E-state index in [1.54, 1.807) is 6.08 Å². The van der Waals surface area contributed by atoms with E-state index in [1.165, 1.54) is 24.3 Å². The van der Waals surface area contributed by atoms with Crippen LogP contribution in [0.1, 0.15) is 35.1 Å². The van der Waals surface area contributed by atoms with Crippen molar-refractivity contribution < 1.29 is 36.2 Å². The summed E-state index contributed by atoms with van der Waals surface area (Å²) in [6.07, 6.45) is -4.68. The summed E-state index contributed by atoms with van der Waals surface area (Å²) in [4.78, 5) is 13.2. The molecule has 0 saturated carbocycles. The Kier molecular flexibility index (Phi) is 7.51. The number of hydrogen-bond donors (Lipinski definition) is 1. The maximum Gasteiger partial charge on any atom is 0.416 e. The second-order valence-electron chi connectivity index (χ2n) is 8.33. The van der Waals surface area contributed by atoms with Gasteiger partial charge in [-0.15, -0.1) is 0 Å². The largest absolute Gasteiger partial charge is 0.481 e. The standard InChI is InChI=1S/C24H23F6NO2/c25-23(26,27)20-7-3-16(4-8-20)1-2-18-11-19(12-22(32)33)15-31(14-18)13-17-5-9-21(10-6-17)24(28,29)30/h1-10,18-19H,11-15H2,(H,32,33). The number of benzene rings is 2. The summed E-state index contributed by atoms with van der Waals surface area (Å²) in [5.41, 5.74) is -0.186. The molecule has 1 fully saturated rings. The van der Waals surface area contributed by atoms with E-state index in [2.05, 4.69) is 0 Å². The first-order chi connectivity index (χ1) is 15.4. The molecular formula is C24H23F6NO2. The Hall–Kier alpha value is -2.81. The number of rotatable bonds is 6. The molecule has 9 heteroatoms. The van der Waals surface area contributed by atoms with E-state index in [-0.39, 0.29) is 18.3 Å². The Morgan fingerprint density at radius 1 is 0.909 bits per heavy atom. The topological polar surface area (TPSA) is 40.5 Å². The van der Waals surface area contributed by atoms with Crippen molar-refractivity contribution in [3.05, 3.63) is 76.9 Å². The Labute approximate surface area is 187 Å². The van der Waals surface area contributed by atoms with E-state index in [1.807, 2.05) is 11.0 Å². The number of carboxylic acid groups (broad SMARTS) is 1. The van der Waals surface area contributed by atoms with Crippen LogP contribution in [0.15, 0.2) is 54.6 Å². The smallest absolute Gasteiger partial charge is 0.416 e. The molecule has 2 unspecified atom stereocenters. The summed E-state index contributed by atoms with van der Waals surface area (Å²) in [5, 5.41) is 9.20. The Morgan fingerprint density at radius 3 is 1.97 bits per heavy atom. The van der Waals surface area contributed by atoms with E-state index in [0.717, 1.165) is 24.3 Å². The molecule has 2 aromatic carbocycles. The van der Waals surface area contributed by atoms with Crippen LogP contribution in [0.3, 0.4) is 0 Å². The first-order valence-corrected chi connectivity index (χ1v) is 10.4. The fraction of sp³-hybridized carbons (Fsp3) is 0.375. The first kappa shape index (κ1) is 24.8. The lowest BCUT2D eigenvalue weighted by atomic mass is 9.86. The lowest BCUT2D eigenvalue weighted by Crippen LogP contribution is -2.40. The van der Waals surface area contributed by atoms with Gasteiger partial charge >= 0.3 is 18.3 Å². The van der Waals surface area contributed by atoms with Gasteiger partial charge in [0.15, 0.2) is 0 Å². The molecule has 1 N–H and O–H groups in total. The Bertz CT molecular complexity index is 964. The number of piperidine rings is 1. The summed E-state index contributed by atoms with van der Waals surface area (Å²) >= 11 is 0. The molecule has 178 valence electrons. The second-order valence-corrected chi connectivity index (χ2v) is 8.33. The number of aliphatic carboxylic acids is 1. The molecule has 0 spiro atoms. The van der Waals surface area contributed by atoms with Gasteiger partial charge < -0.3 is 5.11 Å². The molecule has 3 rings (SSSR count). The predicted molar refractivity (Wildman–Crippen MR) is 111 cm³/mol. The van der Waals surface area contributed by atoms with E-state index in [4.69, 9.17) is 0 Å². The van der Waals surface area contributed by atoms with Gasteiger partial charge in [-0.25, -0.2) is 0 Å². The van der Waals surface area contributed by atoms with Crippen LogP contribution in [-0.2, 0) is 23.7 Å². The second kappa shape index (κ2) is 9.99. The van der Waals surface area contributed by atoms with Crippen LogP contribution in [0.2, 0.25) is 0 Å². The van der Waals surface area contributed by atoms with Crippen molar-refractivity contribution in [3.63, 3.8) is 0 Å². The van der Waals surface area contributed by atoms with Crippen LogP contribution >= 0.6 is 0 Å². The fourth-order valence-corrected chi connectivity index (χ4v) is 4.10. The average Bonchev–Trinajstić information content (AvgIpc) is 2.71. The highest BCUT2D eigenvalue weighted by Gasteiger charge is 2.31. The summed E-state index contributed by atoms with van der Waals surface area (Å²) in [6, 6.07) is 9.63. The molecule has 2 atom stereocenters. The summed E-state index contributed by atoms with van der Waals surface area (Å²) in [7, 11) is 0. The number of hydrogen-bond acceptors (Lipinski definition) is 2. The van der Waals surface area contributed by atoms with Crippen molar-refractivity contribution in [3.8, 4) is 0 Å². The Morgan fingerprint density at radius 2 is 1.45 bits per heavy atom. The van der Waals surface area contributed by atoms with Crippen molar-refractivity contribution in [2.75, 3.05) is 13.1 Å². The van der Waals surface area contributed by atoms with Crippen molar-refractivity contribution in [2.45, 2.75) is 31.7 Å². The average molecular weight is 471 g/mol. The van der Waals surface area contributed by atoms with Gasteiger partial charge in [0.2, 0.25) is 0 Å². The van der Waals surface area contributed by atoms with Gasteiger partial charge in [0.1, 0.15) is 0 Å². The molecule has 33 heavy (non-hydrogen) atoms. The number of halogens is 6. The normalized spacial score (nSPS) is 20.3. The predicted octanol–water partition coefficient (Wildman–Crippen LogP) is 6.35. The SMILES string of the molecule is O=C(O)CC1CC(C=Cc2ccc(C(F)(F)F)cc2)CN(Cc2ccc(C(F)(F)F)cc2)C1. The minimum atomic E-state index is -4.41. The van der Waals surface area contributed by atoms with Gasteiger partial charge in [0.05, 0.1) is 11.1 Å². The monoisotopic (exact) mass is 471 g/mol. The van der Waals surface area contributed by atoms with Gasteiger partial charge in [-0.05, 0) is 53.6 Å². The lowest BCUT2D eigenvalue weighted by Gasteiger charge is -2.36. The molecule has 0 radical (unpaired) electrons. The molecule has 1 aliphatic rings. The van der Waals surface area contributed by atoms with Crippen LogP contribution < -0.4 is 0 Å². The molecule has 1 aliphatic heterocycles. The minimum absolute atomic E-state index is 0.0336. The van der Waals surface area contributed by atoms with Gasteiger partial charge in [0, 0.05) is 26.1 Å². The van der Waals surface area contributed by atoms with E-state index < -0.39 is 29.4 Å². The van der Waals surface area contributed by atoms with E-state index in [0.29, 0.717) is 37.2 Å². The van der Waals surface area contributed by atoms with Gasteiger partial charge in [0.25, 0.3) is 0 Å². The fourth-order valence-electron chi connectivity index (χ4n) is 4.10. The van der Waals surface area contributed by atoms with Crippen molar-refractivity contribution in [2.24, 2.45) is 11.8 Å². The van der Waals surface area contributed by atoms with Gasteiger partial charge in [-0.3, -0.25) is 9.69 Å². The van der Waals surface area contributed by atoms with Gasteiger partial charge in [-0.1, -0.05) is 36.4 Å². The molecule has 1 saturated heterocycles.